The summed E-state index contributed by atoms with van der Waals surface area (Å²) < 4.78 is 32.7. The van der Waals surface area contributed by atoms with Gasteiger partial charge in [-0.3, -0.25) is 4.55 Å². The lowest BCUT2D eigenvalue weighted by atomic mass is 10.7. The molecule has 0 aliphatic heterocycles. The SMILES string of the molecule is O=S(=O)(O)CCOCCO. The number of hydrogen-bond acceptors (Lipinski definition) is 4. The van der Waals surface area contributed by atoms with Crippen molar-refractivity contribution in [3.05, 3.63) is 0 Å². The standard InChI is InChI=1S/C4H10O5S/c5-1-2-9-3-4-10(6,7)8/h5H,1-4H2,(H,6,7,8). The molecule has 6 heteroatoms. The van der Waals surface area contributed by atoms with Crippen molar-refractivity contribution in [1.82, 2.24) is 0 Å². The summed E-state index contributed by atoms with van der Waals surface area (Å²) in [5.74, 6) is -0.424. The highest BCUT2D eigenvalue weighted by Crippen LogP contribution is 1.82. The zero-order valence-electron chi connectivity index (χ0n) is 5.36. The molecule has 10 heavy (non-hydrogen) atoms. The van der Waals surface area contributed by atoms with E-state index in [0.717, 1.165) is 0 Å². The Kier molecular flexibility index (Phi) is 4.54. The fourth-order valence-electron chi connectivity index (χ4n) is 0.331. The topological polar surface area (TPSA) is 83.8 Å². The maximum absolute atomic E-state index is 10.0. The van der Waals surface area contributed by atoms with Gasteiger partial charge in [0.25, 0.3) is 10.1 Å². The number of hydrogen-bond donors (Lipinski definition) is 2. The molecule has 0 bridgehead atoms. The molecule has 0 heterocycles. The molecular formula is C4H10O5S. The van der Waals surface area contributed by atoms with Crippen molar-refractivity contribution in [3.63, 3.8) is 0 Å². The van der Waals surface area contributed by atoms with Gasteiger partial charge in [0, 0.05) is 0 Å². The minimum Gasteiger partial charge on any atom is -0.394 e. The molecule has 0 saturated heterocycles. The quantitative estimate of drug-likeness (QED) is 0.403. The van der Waals surface area contributed by atoms with Crippen molar-refractivity contribution in [2.45, 2.75) is 0 Å². The van der Waals surface area contributed by atoms with E-state index in [-0.39, 0.29) is 19.8 Å². The molecule has 0 aromatic carbocycles. The van der Waals surface area contributed by atoms with Crippen LogP contribution in [0.15, 0.2) is 0 Å². The molecule has 0 amide bonds. The lowest BCUT2D eigenvalue weighted by molar-refractivity contribution is 0.102. The minimum atomic E-state index is -3.91. The lowest BCUT2D eigenvalue weighted by Crippen LogP contribution is -2.12. The Morgan fingerprint density at radius 3 is 2.30 bits per heavy atom. The first kappa shape index (κ1) is 9.83. The minimum absolute atomic E-state index is 0.0839. The van der Waals surface area contributed by atoms with E-state index < -0.39 is 15.9 Å². The van der Waals surface area contributed by atoms with Crippen molar-refractivity contribution in [1.29, 1.82) is 0 Å². The van der Waals surface area contributed by atoms with E-state index in [9.17, 15) is 8.42 Å². The highest BCUT2D eigenvalue weighted by Gasteiger charge is 2.02. The van der Waals surface area contributed by atoms with Crippen molar-refractivity contribution in [3.8, 4) is 0 Å². The van der Waals surface area contributed by atoms with Gasteiger partial charge in [0.05, 0.1) is 25.6 Å². The first-order valence-electron chi connectivity index (χ1n) is 2.70. The van der Waals surface area contributed by atoms with Crippen LogP contribution in [0.1, 0.15) is 0 Å². The summed E-state index contributed by atoms with van der Waals surface area (Å²) in [5.41, 5.74) is 0. The Morgan fingerprint density at radius 2 is 1.90 bits per heavy atom. The molecule has 0 fully saturated rings. The molecule has 0 aliphatic rings. The normalized spacial score (nSPS) is 11.8. The van der Waals surface area contributed by atoms with Gasteiger partial charge in [-0.1, -0.05) is 0 Å². The van der Waals surface area contributed by atoms with Crippen molar-refractivity contribution in [2.75, 3.05) is 25.6 Å². The second-order valence-corrected chi connectivity index (χ2v) is 3.19. The van der Waals surface area contributed by atoms with Gasteiger partial charge in [-0.05, 0) is 0 Å². The lowest BCUT2D eigenvalue weighted by Gasteiger charge is -1.98. The van der Waals surface area contributed by atoms with Gasteiger partial charge in [-0.15, -0.1) is 0 Å². The second-order valence-electron chi connectivity index (χ2n) is 1.62. The molecule has 5 nitrogen and oxygen atoms in total. The zero-order chi connectivity index (χ0) is 8.04. The summed E-state index contributed by atoms with van der Waals surface area (Å²) in [4.78, 5) is 0. The van der Waals surface area contributed by atoms with Gasteiger partial charge in [0.2, 0.25) is 0 Å². The molecule has 0 radical (unpaired) electrons. The van der Waals surface area contributed by atoms with E-state index in [0.29, 0.717) is 0 Å². The van der Waals surface area contributed by atoms with E-state index >= 15 is 0 Å². The predicted octanol–water partition coefficient (Wildman–Crippen LogP) is -1.12. The molecule has 0 unspecified atom stereocenters. The first-order valence-corrected chi connectivity index (χ1v) is 4.31. The number of ether oxygens (including phenoxy) is 1. The number of rotatable bonds is 5. The molecule has 62 valence electrons. The first-order chi connectivity index (χ1) is 4.56. The Balaban J connectivity index is 3.21. The van der Waals surface area contributed by atoms with Crippen LogP contribution in [0.5, 0.6) is 0 Å². The summed E-state index contributed by atoms with van der Waals surface area (Å²) in [5, 5.41) is 8.16. The molecule has 2 N–H and O–H groups in total. The number of aliphatic hydroxyl groups excluding tert-OH is 1. The molecule has 0 aromatic heterocycles. The molecule has 0 rings (SSSR count). The highest BCUT2D eigenvalue weighted by atomic mass is 32.2. The maximum atomic E-state index is 10.0. The third-order valence-corrected chi connectivity index (χ3v) is 1.40. The summed E-state index contributed by atoms with van der Waals surface area (Å²) in [6, 6.07) is 0. The average molecular weight is 170 g/mol. The van der Waals surface area contributed by atoms with E-state index in [2.05, 4.69) is 4.74 Å². The summed E-state index contributed by atoms with van der Waals surface area (Å²) >= 11 is 0. The Morgan fingerprint density at radius 1 is 1.30 bits per heavy atom. The highest BCUT2D eigenvalue weighted by molar-refractivity contribution is 7.85. The Bertz CT molecular complexity index is 160. The third-order valence-electron chi connectivity index (χ3n) is 0.721. The maximum Gasteiger partial charge on any atom is 0.267 e. The van der Waals surface area contributed by atoms with Crippen LogP contribution in [0, 0.1) is 0 Å². The van der Waals surface area contributed by atoms with Crippen molar-refractivity contribution < 1.29 is 22.8 Å². The Hall–Kier alpha value is -0.170. The van der Waals surface area contributed by atoms with Crippen LogP contribution in [0.25, 0.3) is 0 Å². The third kappa shape index (κ3) is 7.83. The smallest absolute Gasteiger partial charge is 0.267 e. The van der Waals surface area contributed by atoms with Gasteiger partial charge in [0.15, 0.2) is 0 Å². The largest absolute Gasteiger partial charge is 0.394 e. The zero-order valence-corrected chi connectivity index (χ0v) is 6.17. The predicted molar refractivity (Wildman–Crippen MR) is 34.3 cm³/mol. The summed E-state index contributed by atoms with van der Waals surface area (Å²) in [7, 11) is -3.91. The van der Waals surface area contributed by atoms with Crippen LogP contribution in [0.2, 0.25) is 0 Å². The van der Waals surface area contributed by atoms with E-state index in [4.69, 9.17) is 9.66 Å². The van der Waals surface area contributed by atoms with Gasteiger partial charge >= 0.3 is 0 Å². The van der Waals surface area contributed by atoms with Gasteiger partial charge < -0.3 is 9.84 Å². The fraction of sp³-hybridized carbons (Fsp3) is 1.00. The average Bonchev–Trinajstić information content (AvgIpc) is 1.78. The van der Waals surface area contributed by atoms with Crippen molar-refractivity contribution >= 4 is 10.1 Å². The molecule has 0 aliphatic carbocycles. The summed E-state index contributed by atoms with van der Waals surface area (Å²) in [6.07, 6.45) is 0. The van der Waals surface area contributed by atoms with Crippen LogP contribution in [0.4, 0.5) is 0 Å². The van der Waals surface area contributed by atoms with Gasteiger partial charge in [-0.25, -0.2) is 0 Å². The summed E-state index contributed by atoms with van der Waals surface area (Å²) in [6.45, 7) is -0.139. The number of aliphatic hydroxyl groups is 1. The van der Waals surface area contributed by atoms with Crippen LogP contribution in [0.3, 0.4) is 0 Å². The van der Waals surface area contributed by atoms with Crippen LogP contribution in [-0.4, -0.2) is 43.7 Å². The van der Waals surface area contributed by atoms with E-state index in [1.54, 1.807) is 0 Å². The van der Waals surface area contributed by atoms with Gasteiger partial charge in [0.1, 0.15) is 0 Å². The molecular weight excluding hydrogens is 160 g/mol. The molecule has 0 aromatic rings. The molecule has 0 atom stereocenters. The molecule has 0 spiro atoms. The Labute approximate surface area is 59.4 Å². The van der Waals surface area contributed by atoms with Gasteiger partial charge in [-0.2, -0.15) is 8.42 Å². The van der Waals surface area contributed by atoms with E-state index in [1.807, 2.05) is 0 Å². The van der Waals surface area contributed by atoms with Crippen LogP contribution >= 0.6 is 0 Å². The van der Waals surface area contributed by atoms with Crippen LogP contribution in [-0.2, 0) is 14.9 Å². The molecule has 0 saturated carbocycles. The van der Waals surface area contributed by atoms with Crippen LogP contribution < -0.4 is 0 Å². The van der Waals surface area contributed by atoms with E-state index in [1.165, 1.54) is 0 Å². The fourth-order valence-corrected chi connectivity index (χ4v) is 0.659. The van der Waals surface area contributed by atoms with Crippen molar-refractivity contribution in [2.24, 2.45) is 0 Å². The second kappa shape index (κ2) is 4.62. The monoisotopic (exact) mass is 170 g/mol.